The predicted octanol–water partition coefficient (Wildman–Crippen LogP) is 2.33. The van der Waals surface area contributed by atoms with Crippen LogP contribution in [0.2, 0.25) is 0 Å². The maximum Gasteiger partial charge on any atom is 0.330 e. The Labute approximate surface area is 203 Å². The number of anilines is 3. The lowest BCUT2D eigenvalue weighted by Gasteiger charge is -2.22. The van der Waals surface area contributed by atoms with E-state index in [1.54, 1.807) is 12.1 Å². The highest BCUT2D eigenvalue weighted by atomic mass is 32.2. The number of amides is 1. The van der Waals surface area contributed by atoms with Crippen LogP contribution in [0.5, 0.6) is 0 Å². The molecule has 3 rings (SSSR count). The number of carbonyl (C=O) groups is 1. The van der Waals surface area contributed by atoms with Gasteiger partial charge < -0.3 is 10.6 Å². The summed E-state index contributed by atoms with van der Waals surface area (Å²) in [6.45, 7) is 4.13. The Morgan fingerprint density at radius 2 is 1.63 bits per heavy atom. The average molecular weight is 500 g/mol. The molecule has 0 bridgehead atoms. The Bertz CT molecular complexity index is 1440. The Morgan fingerprint density at radius 3 is 2.20 bits per heavy atom. The number of hydrogen-bond acceptors (Lipinski definition) is 6. The zero-order valence-electron chi connectivity index (χ0n) is 20.1. The molecule has 0 aliphatic carbocycles. The minimum absolute atomic E-state index is 0.0939. The number of aryl methyl sites for hydroxylation is 1. The van der Waals surface area contributed by atoms with Crippen LogP contribution in [0.3, 0.4) is 0 Å². The fourth-order valence-corrected chi connectivity index (χ4v) is 4.75. The molecule has 0 spiro atoms. The maximum absolute atomic E-state index is 13.1. The summed E-state index contributed by atoms with van der Waals surface area (Å²) in [6.07, 6.45) is 1.49. The Kier molecular flexibility index (Phi) is 7.49. The van der Waals surface area contributed by atoms with Crippen molar-refractivity contribution in [1.82, 2.24) is 9.55 Å². The van der Waals surface area contributed by atoms with Crippen molar-refractivity contribution in [3.05, 3.63) is 80.5 Å². The zero-order chi connectivity index (χ0) is 25.9. The second-order valence-electron chi connectivity index (χ2n) is 8.19. The number of carbonyl (C=O) groups excluding carboxylic acids is 1. The van der Waals surface area contributed by atoms with Crippen molar-refractivity contribution in [1.29, 1.82) is 0 Å². The maximum atomic E-state index is 13.1. The van der Waals surface area contributed by atoms with Crippen LogP contribution in [0, 0.1) is 6.92 Å². The van der Waals surface area contributed by atoms with E-state index < -0.39 is 27.2 Å². The Hall–Kier alpha value is -3.86. The lowest BCUT2D eigenvalue weighted by molar-refractivity contribution is 0.0992. The van der Waals surface area contributed by atoms with Gasteiger partial charge >= 0.3 is 5.69 Å². The summed E-state index contributed by atoms with van der Waals surface area (Å²) in [5.74, 6) is -0.637. The van der Waals surface area contributed by atoms with Crippen molar-refractivity contribution in [3.63, 3.8) is 0 Å². The molecule has 0 aliphatic heterocycles. The third-order valence-corrected chi connectivity index (χ3v) is 7.55. The third kappa shape index (κ3) is 5.14. The van der Waals surface area contributed by atoms with E-state index in [1.165, 1.54) is 55.1 Å². The largest absolute Gasteiger partial charge is 0.383 e. The van der Waals surface area contributed by atoms with E-state index in [2.05, 4.69) is 4.98 Å². The van der Waals surface area contributed by atoms with Crippen molar-refractivity contribution in [2.75, 3.05) is 29.0 Å². The molecule has 2 aromatic carbocycles. The van der Waals surface area contributed by atoms with Crippen LogP contribution >= 0.6 is 0 Å². The van der Waals surface area contributed by atoms with Gasteiger partial charge in [-0.3, -0.25) is 23.4 Å². The number of benzene rings is 2. The number of aromatic amines is 1. The molecule has 3 aromatic rings. The van der Waals surface area contributed by atoms with Gasteiger partial charge in [0.25, 0.3) is 21.5 Å². The third-order valence-electron chi connectivity index (χ3n) is 5.75. The van der Waals surface area contributed by atoms with Gasteiger partial charge in [0.2, 0.25) is 0 Å². The van der Waals surface area contributed by atoms with Crippen molar-refractivity contribution in [2.45, 2.75) is 38.1 Å². The van der Waals surface area contributed by atoms with Crippen molar-refractivity contribution in [3.8, 4) is 0 Å². The van der Waals surface area contributed by atoms with Crippen molar-refractivity contribution >= 4 is 33.1 Å². The molecular weight excluding hydrogens is 470 g/mol. The van der Waals surface area contributed by atoms with E-state index in [0.29, 0.717) is 18.7 Å². The first-order valence-corrected chi connectivity index (χ1v) is 12.5. The van der Waals surface area contributed by atoms with Gasteiger partial charge in [0, 0.05) is 26.2 Å². The van der Waals surface area contributed by atoms with E-state index >= 15 is 0 Å². The summed E-state index contributed by atoms with van der Waals surface area (Å²) < 4.78 is 28.2. The summed E-state index contributed by atoms with van der Waals surface area (Å²) in [6, 6.07) is 12.4. The number of aromatic nitrogens is 2. The average Bonchev–Trinajstić information content (AvgIpc) is 2.83. The number of sulfonamides is 1. The predicted molar refractivity (Wildman–Crippen MR) is 137 cm³/mol. The van der Waals surface area contributed by atoms with Crippen LogP contribution in [0.4, 0.5) is 17.2 Å². The van der Waals surface area contributed by atoms with E-state index in [4.69, 9.17) is 5.73 Å². The molecule has 0 unspecified atom stereocenters. The smallest absolute Gasteiger partial charge is 0.330 e. The highest BCUT2D eigenvalue weighted by Gasteiger charge is 2.24. The first kappa shape index (κ1) is 25.8. The first-order chi connectivity index (χ1) is 16.5. The van der Waals surface area contributed by atoms with Gasteiger partial charge in [-0.25, -0.2) is 13.2 Å². The highest BCUT2D eigenvalue weighted by Crippen LogP contribution is 2.24. The first-order valence-electron chi connectivity index (χ1n) is 11.0. The summed E-state index contributed by atoms with van der Waals surface area (Å²) in [7, 11) is -0.968. The number of hydrogen-bond donors (Lipinski definition) is 2. The molecule has 1 amide bonds. The minimum Gasteiger partial charge on any atom is -0.383 e. The van der Waals surface area contributed by atoms with Gasteiger partial charge in [0.1, 0.15) is 5.82 Å². The number of H-pyrrole nitrogens is 1. The number of rotatable bonds is 8. The fourth-order valence-electron chi connectivity index (χ4n) is 3.56. The van der Waals surface area contributed by atoms with Crippen molar-refractivity contribution in [2.24, 2.45) is 0 Å². The molecule has 0 radical (unpaired) electrons. The topological polar surface area (TPSA) is 139 Å². The van der Waals surface area contributed by atoms with E-state index in [1.807, 2.05) is 13.8 Å². The van der Waals surface area contributed by atoms with Gasteiger partial charge in [0.05, 0.1) is 10.6 Å². The molecule has 186 valence electrons. The Morgan fingerprint density at radius 1 is 1.03 bits per heavy atom. The number of nitrogen functional groups attached to an aromatic ring is 1. The molecule has 10 nitrogen and oxygen atoms in total. The quantitative estimate of drug-likeness (QED) is 0.488. The van der Waals surface area contributed by atoms with Gasteiger partial charge in [-0.1, -0.05) is 31.0 Å². The summed E-state index contributed by atoms with van der Waals surface area (Å²) in [4.78, 5) is 41.1. The van der Waals surface area contributed by atoms with Gasteiger partial charge in [-0.05, 0) is 49.7 Å². The van der Waals surface area contributed by atoms with Crippen molar-refractivity contribution < 1.29 is 13.2 Å². The second kappa shape index (κ2) is 10.2. The molecule has 0 atom stereocenters. The minimum atomic E-state index is -3.79. The van der Waals surface area contributed by atoms with E-state index in [-0.39, 0.29) is 22.0 Å². The SMILES string of the molecule is CCCCn1c(N)c(N(C)C(=O)c2ccc(N(C)S(=O)(=O)c3ccc(C)cc3)cc2)c(=O)[nH]c1=O. The molecule has 1 heterocycles. The van der Waals surface area contributed by atoms with E-state index in [9.17, 15) is 22.8 Å². The standard InChI is InChI=1S/C24H29N5O5S/c1-5-6-15-29-21(25)20(22(30)26-24(29)32)27(3)23(31)17-9-11-18(12-10-17)28(4)35(33,34)19-13-7-16(2)8-14-19/h7-14H,5-6,15,25H2,1-4H3,(H,26,30,32). The Balaban J connectivity index is 1.89. The van der Waals surface area contributed by atoms with Crippen LogP contribution < -0.4 is 26.2 Å². The molecule has 0 aliphatic rings. The molecule has 3 N–H and O–H groups in total. The number of nitrogens with two attached hydrogens (primary N) is 1. The normalized spacial score (nSPS) is 11.3. The molecule has 11 heteroatoms. The van der Waals surface area contributed by atoms with Gasteiger partial charge in [0.15, 0.2) is 5.69 Å². The fraction of sp³-hybridized carbons (Fsp3) is 0.292. The summed E-state index contributed by atoms with van der Waals surface area (Å²) in [5.41, 5.74) is 6.08. The second-order valence-corrected chi connectivity index (χ2v) is 10.2. The monoisotopic (exact) mass is 499 g/mol. The lowest BCUT2D eigenvalue weighted by Crippen LogP contribution is -2.39. The molecular formula is C24H29N5O5S. The van der Waals surface area contributed by atoms with Crippen LogP contribution in [-0.4, -0.2) is 38.0 Å². The number of unbranched alkanes of at least 4 members (excludes halogenated alkanes) is 1. The van der Waals surface area contributed by atoms with Crippen LogP contribution in [0.15, 0.2) is 63.0 Å². The summed E-state index contributed by atoms with van der Waals surface area (Å²) >= 11 is 0. The van der Waals surface area contributed by atoms with Gasteiger partial charge in [-0.2, -0.15) is 0 Å². The molecule has 0 saturated carbocycles. The van der Waals surface area contributed by atoms with Crippen LogP contribution in [-0.2, 0) is 16.6 Å². The van der Waals surface area contributed by atoms with Crippen LogP contribution in [0.1, 0.15) is 35.7 Å². The number of nitrogens with one attached hydrogen (secondary N) is 1. The lowest BCUT2D eigenvalue weighted by atomic mass is 10.1. The molecule has 0 saturated heterocycles. The highest BCUT2D eigenvalue weighted by molar-refractivity contribution is 7.92. The zero-order valence-corrected chi connectivity index (χ0v) is 20.9. The van der Waals surface area contributed by atoms with Gasteiger partial charge in [-0.15, -0.1) is 0 Å². The van der Waals surface area contributed by atoms with Crippen LogP contribution in [0.25, 0.3) is 0 Å². The number of nitrogens with zero attached hydrogens (tertiary/aromatic N) is 3. The molecule has 1 aromatic heterocycles. The molecule has 0 fully saturated rings. The molecule has 35 heavy (non-hydrogen) atoms. The van der Waals surface area contributed by atoms with E-state index in [0.717, 1.165) is 21.2 Å². The summed E-state index contributed by atoms with van der Waals surface area (Å²) in [5, 5.41) is 0.